The molecule has 0 bridgehead atoms. The summed E-state index contributed by atoms with van der Waals surface area (Å²) >= 11 is 0. The van der Waals surface area contributed by atoms with E-state index in [1.54, 1.807) is 52.0 Å². The monoisotopic (exact) mass is 344 g/mol. The van der Waals surface area contributed by atoms with E-state index in [0.717, 1.165) is 5.56 Å². The Balaban J connectivity index is 2.03. The Morgan fingerprint density at radius 1 is 1.08 bits per heavy atom. The van der Waals surface area contributed by atoms with E-state index in [2.05, 4.69) is 0 Å². The highest BCUT2D eigenvalue weighted by atomic mass is 16.5. The summed E-state index contributed by atoms with van der Waals surface area (Å²) in [6, 6.07) is 7.86. The summed E-state index contributed by atoms with van der Waals surface area (Å²) < 4.78 is 15.3. The van der Waals surface area contributed by atoms with Gasteiger partial charge in [0.15, 0.2) is 0 Å². The molecule has 6 heteroatoms. The molecular weight excluding hydrogens is 324 g/mol. The number of ether oxygens (including phenoxy) is 2. The lowest BCUT2D eigenvalue weighted by atomic mass is 10.1. The molecule has 1 heterocycles. The molecule has 0 amide bonds. The Morgan fingerprint density at radius 3 is 2.28 bits per heavy atom. The third kappa shape index (κ3) is 4.79. The molecule has 0 aliphatic heterocycles. The molecule has 1 aromatic heterocycles. The predicted octanol–water partition coefficient (Wildman–Crippen LogP) is 3.18. The third-order valence-electron chi connectivity index (χ3n) is 3.44. The van der Waals surface area contributed by atoms with E-state index in [1.165, 1.54) is 6.07 Å². The van der Waals surface area contributed by atoms with Crippen LogP contribution in [0.1, 0.15) is 51.5 Å². The fourth-order valence-electron chi connectivity index (χ4n) is 2.30. The summed E-state index contributed by atoms with van der Waals surface area (Å²) in [6.07, 6.45) is -0.189. The second-order valence-electron chi connectivity index (χ2n) is 5.91. The first-order valence-electron chi connectivity index (χ1n) is 7.86. The van der Waals surface area contributed by atoms with Crippen LogP contribution in [0.5, 0.6) is 0 Å². The third-order valence-corrected chi connectivity index (χ3v) is 3.44. The zero-order valence-corrected chi connectivity index (χ0v) is 14.6. The highest BCUT2D eigenvalue weighted by Gasteiger charge is 2.17. The number of rotatable bonds is 5. The lowest BCUT2D eigenvalue weighted by Crippen LogP contribution is -2.13. The van der Waals surface area contributed by atoms with Crippen LogP contribution < -0.4 is 5.63 Å². The molecule has 0 N–H and O–H groups in total. The Kier molecular flexibility index (Phi) is 5.75. The van der Waals surface area contributed by atoms with Gasteiger partial charge in [-0.3, -0.25) is 0 Å². The normalized spacial score (nSPS) is 10.6. The van der Waals surface area contributed by atoms with E-state index in [0.29, 0.717) is 11.1 Å². The Morgan fingerprint density at radius 2 is 1.72 bits per heavy atom. The highest BCUT2D eigenvalue weighted by molar-refractivity contribution is 5.92. The van der Waals surface area contributed by atoms with Gasteiger partial charge in [0.05, 0.1) is 11.7 Å². The predicted molar refractivity (Wildman–Crippen MR) is 90.6 cm³/mol. The van der Waals surface area contributed by atoms with Crippen molar-refractivity contribution in [3.8, 4) is 0 Å². The van der Waals surface area contributed by atoms with Gasteiger partial charge >= 0.3 is 17.6 Å². The van der Waals surface area contributed by atoms with Gasteiger partial charge in [-0.2, -0.15) is 0 Å². The average molecular weight is 344 g/mol. The van der Waals surface area contributed by atoms with Crippen molar-refractivity contribution in [3.05, 3.63) is 68.8 Å². The highest BCUT2D eigenvalue weighted by Crippen LogP contribution is 2.14. The Hall–Kier alpha value is -2.89. The summed E-state index contributed by atoms with van der Waals surface area (Å²) in [5.74, 6) is -0.743. The zero-order chi connectivity index (χ0) is 18.6. The van der Waals surface area contributed by atoms with Gasteiger partial charge in [0, 0.05) is 6.07 Å². The zero-order valence-electron chi connectivity index (χ0n) is 14.6. The molecule has 0 atom stereocenters. The maximum absolute atomic E-state index is 12.2. The van der Waals surface area contributed by atoms with Crippen molar-refractivity contribution in [3.63, 3.8) is 0 Å². The SMILES string of the molecule is Cc1cc(=O)oc(C)c1C(=O)OCc1ccc(C(=O)OC(C)C)cc1. The molecule has 2 rings (SSSR count). The molecule has 0 fully saturated rings. The second-order valence-corrected chi connectivity index (χ2v) is 5.91. The number of hydrogen-bond donors (Lipinski definition) is 0. The van der Waals surface area contributed by atoms with Crippen molar-refractivity contribution in [2.24, 2.45) is 0 Å². The summed E-state index contributed by atoms with van der Waals surface area (Å²) in [5, 5.41) is 0. The van der Waals surface area contributed by atoms with Crippen LogP contribution in [-0.4, -0.2) is 18.0 Å². The van der Waals surface area contributed by atoms with Crippen molar-refractivity contribution in [2.75, 3.05) is 0 Å². The van der Waals surface area contributed by atoms with Crippen LogP contribution in [0.3, 0.4) is 0 Å². The van der Waals surface area contributed by atoms with E-state index >= 15 is 0 Å². The number of benzene rings is 1. The maximum Gasteiger partial charge on any atom is 0.342 e. The summed E-state index contributed by atoms with van der Waals surface area (Å²) in [6.45, 7) is 6.79. The summed E-state index contributed by atoms with van der Waals surface area (Å²) in [4.78, 5) is 35.2. The number of esters is 2. The first-order valence-corrected chi connectivity index (χ1v) is 7.86. The topological polar surface area (TPSA) is 82.8 Å². The molecule has 6 nitrogen and oxygen atoms in total. The van der Waals surface area contributed by atoms with Crippen molar-refractivity contribution in [2.45, 2.75) is 40.4 Å². The second kappa shape index (κ2) is 7.79. The van der Waals surface area contributed by atoms with Crippen LogP contribution in [0.15, 0.2) is 39.5 Å². The standard InChI is InChI=1S/C19H20O6/c1-11(2)24-18(21)15-7-5-14(6-8-15)10-23-19(22)17-12(3)9-16(20)25-13(17)4/h5-9,11H,10H2,1-4H3. The molecule has 2 aromatic rings. The molecule has 0 spiro atoms. The quantitative estimate of drug-likeness (QED) is 0.775. The van der Waals surface area contributed by atoms with Crippen LogP contribution in [0.4, 0.5) is 0 Å². The van der Waals surface area contributed by atoms with Gasteiger partial charge in [0.25, 0.3) is 0 Å². The first-order chi connectivity index (χ1) is 11.8. The lowest BCUT2D eigenvalue weighted by molar-refractivity contribution is 0.0375. The minimum atomic E-state index is -0.568. The fourth-order valence-corrected chi connectivity index (χ4v) is 2.30. The van der Waals surface area contributed by atoms with Crippen molar-refractivity contribution in [1.82, 2.24) is 0 Å². The Bertz CT molecular complexity index is 804. The van der Waals surface area contributed by atoms with Gasteiger partial charge in [-0.15, -0.1) is 0 Å². The van der Waals surface area contributed by atoms with Gasteiger partial charge in [0.1, 0.15) is 17.9 Å². The van der Waals surface area contributed by atoms with Crippen LogP contribution >= 0.6 is 0 Å². The number of carbonyl (C=O) groups excluding carboxylic acids is 2. The van der Waals surface area contributed by atoms with Gasteiger partial charge < -0.3 is 13.9 Å². The number of hydrogen-bond acceptors (Lipinski definition) is 6. The maximum atomic E-state index is 12.2. The number of carbonyl (C=O) groups is 2. The summed E-state index contributed by atoms with van der Waals surface area (Å²) in [7, 11) is 0. The molecule has 25 heavy (non-hydrogen) atoms. The van der Waals surface area contributed by atoms with Crippen molar-refractivity contribution in [1.29, 1.82) is 0 Å². The van der Waals surface area contributed by atoms with Gasteiger partial charge in [-0.05, 0) is 51.0 Å². The average Bonchev–Trinajstić information content (AvgIpc) is 2.51. The minimum Gasteiger partial charge on any atom is -0.459 e. The van der Waals surface area contributed by atoms with E-state index < -0.39 is 17.6 Å². The van der Waals surface area contributed by atoms with E-state index in [-0.39, 0.29) is 24.0 Å². The van der Waals surface area contributed by atoms with Crippen LogP contribution in [0.25, 0.3) is 0 Å². The van der Waals surface area contributed by atoms with E-state index in [9.17, 15) is 14.4 Å². The van der Waals surface area contributed by atoms with E-state index in [1.807, 2.05) is 0 Å². The molecule has 0 saturated carbocycles. The fraction of sp³-hybridized carbons (Fsp3) is 0.316. The first kappa shape index (κ1) is 18.4. The molecular formula is C19H20O6. The van der Waals surface area contributed by atoms with Crippen molar-refractivity contribution < 1.29 is 23.5 Å². The lowest BCUT2D eigenvalue weighted by Gasteiger charge is -2.10. The largest absolute Gasteiger partial charge is 0.459 e. The van der Waals surface area contributed by atoms with Gasteiger partial charge in [-0.25, -0.2) is 14.4 Å². The van der Waals surface area contributed by atoms with Crippen LogP contribution in [-0.2, 0) is 16.1 Å². The Labute approximate surface area is 145 Å². The minimum absolute atomic E-state index is 0.0380. The van der Waals surface area contributed by atoms with Gasteiger partial charge in [0.2, 0.25) is 0 Å². The summed E-state index contributed by atoms with van der Waals surface area (Å²) in [5.41, 5.74) is 1.40. The molecule has 132 valence electrons. The van der Waals surface area contributed by atoms with Crippen LogP contribution in [0, 0.1) is 13.8 Å². The van der Waals surface area contributed by atoms with Crippen molar-refractivity contribution >= 4 is 11.9 Å². The van der Waals surface area contributed by atoms with Gasteiger partial charge in [-0.1, -0.05) is 12.1 Å². The molecule has 0 saturated heterocycles. The molecule has 0 unspecified atom stereocenters. The molecule has 0 aliphatic carbocycles. The number of aryl methyl sites for hydroxylation is 2. The molecule has 1 aromatic carbocycles. The smallest absolute Gasteiger partial charge is 0.342 e. The van der Waals surface area contributed by atoms with E-state index in [4.69, 9.17) is 13.9 Å². The molecule has 0 radical (unpaired) electrons. The van der Waals surface area contributed by atoms with Crippen LogP contribution in [0.2, 0.25) is 0 Å². The molecule has 0 aliphatic rings.